The van der Waals surface area contributed by atoms with E-state index in [1.165, 1.54) is 5.56 Å². The molecule has 3 rings (SSSR count). The van der Waals surface area contributed by atoms with Crippen molar-refractivity contribution in [1.29, 1.82) is 5.26 Å². The van der Waals surface area contributed by atoms with Gasteiger partial charge in [-0.25, -0.2) is 0 Å². The fourth-order valence-electron chi connectivity index (χ4n) is 2.81. The van der Waals surface area contributed by atoms with E-state index in [4.69, 9.17) is 11.6 Å². The molecule has 2 aliphatic rings. The van der Waals surface area contributed by atoms with Crippen LogP contribution >= 0.6 is 11.6 Å². The Labute approximate surface area is 100 Å². The van der Waals surface area contributed by atoms with E-state index in [1.54, 1.807) is 0 Å². The molecule has 1 saturated heterocycles. The van der Waals surface area contributed by atoms with Crippen LogP contribution in [0.25, 0.3) is 0 Å². The predicted molar refractivity (Wildman–Crippen MR) is 63.3 cm³/mol. The Morgan fingerprint density at radius 3 is 2.88 bits per heavy atom. The van der Waals surface area contributed by atoms with Gasteiger partial charge in [-0.1, -0.05) is 23.7 Å². The number of hydrogen-bond donors (Lipinski definition) is 1. The molecule has 0 radical (unpaired) electrons. The van der Waals surface area contributed by atoms with E-state index in [0.717, 1.165) is 24.4 Å². The molecule has 0 bridgehead atoms. The largest absolute Gasteiger partial charge is 0.309 e. The topological polar surface area (TPSA) is 35.8 Å². The van der Waals surface area contributed by atoms with E-state index in [-0.39, 0.29) is 11.5 Å². The lowest BCUT2D eigenvalue weighted by atomic mass is 9.85. The second kappa shape index (κ2) is 3.48. The van der Waals surface area contributed by atoms with E-state index in [0.29, 0.717) is 5.92 Å². The Morgan fingerprint density at radius 1 is 1.44 bits per heavy atom. The molecule has 1 aromatic rings. The standard InChI is InChI=1S/C13H13ClN2/c14-10-3-1-2-9(6-10)11-8-16-13(4-5-13)12(11)7-15/h1-3,6,11-12,16H,4-5,8H2/t11-,12-/m0/s1. The second-order valence-corrected chi connectivity index (χ2v) is 5.24. The quantitative estimate of drug-likeness (QED) is 0.808. The summed E-state index contributed by atoms with van der Waals surface area (Å²) in [5, 5.41) is 13.6. The van der Waals surface area contributed by atoms with Crippen molar-refractivity contribution in [1.82, 2.24) is 5.32 Å². The Kier molecular flexibility index (Phi) is 2.20. The predicted octanol–water partition coefficient (Wildman–Crippen LogP) is 2.70. The van der Waals surface area contributed by atoms with Crippen LogP contribution in [0.15, 0.2) is 24.3 Å². The molecule has 2 nitrogen and oxygen atoms in total. The molecular formula is C13H13ClN2. The van der Waals surface area contributed by atoms with Gasteiger partial charge in [0.2, 0.25) is 0 Å². The zero-order chi connectivity index (χ0) is 11.2. The number of rotatable bonds is 1. The second-order valence-electron chi connectivity index (χ2n) is 4.81. The zero-order valence-electron chi connectivity index (χ0n) is 8.91. The highest BCUT2D eigenvalue weighted by Crippen LogP contribution is 2.51. The molecule has 2 fully saturated rings. The third-order valence-corrected chi connectivity index (χ3v) is 4.11. The summed E-state index contributed by atoms with van der Waals surface area (Å²) in [6.07, 6.45) is 2.28. The first-order valence-electron chi connectivity index (χ1n) is 5.65. The molecule has 82 valence electrons. The molecule has 1 aliphatic carbocycles. The first kappa shape index (κ1) is 10.1. The summed E-state index contributed by atoms with van der Waals surface area (Å²) in [4.78, 5) is 0. The van der Waals surface area contributed by atoms with E-state index >= 15 is 0 Å². The molecule has 0 amide bonds. The molecule has 1 N–H and O–H groups in total. The van der Waals surface area contributed by atoms with E-state index in [2.05, 4.69) is 17.5 Å². The van der Waals surface area contributed by atoms with Crippen molar-refractivity contribution in [2.75, 3.05) is 6.54 Å². The zero-order valence-corrected chi connectivity index (χ0v) is 9.67. The maximum Gasteiger partial charge on any atom is 0.0725 e. The number of benzene rings is 1. The van der Waals surface area contributed by atoms with Gasteiger partial charge in [-0.05, 0) is 30.5 Å². The van der Waals surface area contributed by atoms with Crippen LogP contribution in [0.4, 0.5) is 0 Å². The molecular weight excluding hydrogens is 220 g/mol. The Hall–Kier alpha value is -1.04. The molecule has 1 aliphatic heterocycles. The van der Waals surface area contributed by atoms with E-state index < -0.39 is 0 Å². The minimum Gasteiger partial charge on any atom is -0.309 e. The molecule has 0 aromatic heterocycles. The molecule has 0 unspecified atom stereocenters. The first-order valence-corrected chi connectivity index (χ1v) is 6.03. The van der Waals surface area contributed by atoms with Gasteiger partial charge in [-0.15, -0.1) is 0 Å². The average molecular weight is 233 g/mol. The minimum atomic E-state index is 0.103. The number of hydrogen-bond acceptors (Lipinski definition) is 2. The lowest BCUT2D eigenvalue weighted by Crippen LogP contribution is -2.28. The van der Waals surface area contributed by atoms with Gasteiger partial charge in [0.05, 0.1) is 12.0 Å². The molecule has 1 heterocycles. The monoisotopic (exact) mass is 232 g/mol. The SMILES string of the molecule is N#C[C@H]1[C@H](c2cccc(Cl)c2)CNC12CC2. The van der Waals surface area contributed by atoms with Gasteiger partial charge in [0, 0.05) is 23.0 Å². The Balaban J connectivity index is 1.94. The maximum absolute atomic E-state index is 9.32. The summed E-state index contributed by atoms with van der Waals surface area (Å²) in [5.41, 5.74) is 1.32. The number of nitrogens with zero attached hydrogens (tertiary/aromatic N) is 1. The van der Waals surface area contributed by atoms with Crippen molar-refractivity contribution in [3.63, 3.8) is 0 Å². The average Bonchev–Trinajstić information content (AvgIpc) is 2.93. The minimum absolute atomic E-state index is 0.103. The highest BCUT2D eigenvalue weighted by Gasteiger charge is 2.56. The maximum atomic E-state index is 9.32. The van der Waals surface area contributed by atoms with Crippen molar-refractivity contribution in [2.24, 2.45) is 5.92 Å². The summed E-state index contributed by atoms with van der Waals surface area (Å²) in [7, 11) is 0. The number of nitrogens with one attached hydrogen (secondary N) is 1. The first-order chi connectivity index (χ1) is 7.75. The van der Waals surface area contributed by atoms with Crippen LogP contribution in [-0.2, 0) is 0 Å². The fraction of sp³-hybridized carbons (Fsp3) is 0.462. The summed E-state index contributed by atoms with van der Waals surface area (Å²) in [6.45, 7) is 0.901. The fourth-order valence-corrected chi connectivity index (χ4v) is 3.01. The third kappa shape index (κ3) is 1.43. The van der Waals surface area contributed by atoms with Crippen molar-refractivity contribution in [2.45, 2.75) is 24.3 Å². The number of halogens is 1. The van der Waals surface area contributed by atoms with E-state index in [9.17, 15) is 5.26 Å². The van der Waals surface area contributed by atoms with Crippen LogP contribution < -0.4 is 5.32 Å². The highest BCUT2D eigenvalue weighted by atomic mass is 35.5. The van der Waals surface area contributed by atoms with Crippen LogP contribution in [0.1, 0.15) is 24.3 Å². The van der Waals surface area contributed by atoms with Gasteiger partial charge >= 0.3 is 0 Å². The van der Waals surface area contributed by atoms with Crippen molar-refractivity contribution in [3.05, 3.63) is 34.9 Å². The Morgan fingerprint density at radius 2 is 2.25 bits per heavy atom. The van der Waals surface area contributed by atoms with Gasteiger partial charge < -0.3 is 5.32 Å². The van der Waals surface area contributed by atoms with Crippen LogP contribution in [0.3, 0.4) is 0 Å². The molecule has 1 saturated carbocycles. The Bertz CT molecular complexity index is 459. The van der Waals surface area contributed by atoms with E-state index in [1.807, 2.05) is 18.2 Å². The summed E-state index contributed by atoms with van der Waals surface area (Å²) >= 11 is 6.00. The highest BCUT2D eigenvalue weighted by molar-refractivity contribution is 6.30. The molecule has 3 heteroatoms. The van der Waals surface area contributed by atoms with Gasteiger partial charge in [0.15, 0.2) is 0 Å². The smallest absolute Gasteiger partial charge is 0.0725 e. The van der Waals surface area contributed by atoms with Crippen molar-refractivity contribution in [3.8, 4) is 6.07 Å². The summed E-state index contributed by atoms with van der Waals surface area (Å²) in [6, 6.07) is 10.4. The summed E-state index contributed by atoms with van der Waals surface area (Å²) in [5.74, 6) is 0.400. The van der Waals surface area contributed by atoms with Crippen LogP contribution in [0, 0.1) is 17.2 Å². The van der Waals surface area contributed by atoms with Crippen LogP contribution in [0.5, 0.6) is 0 Å². The molecule has 1 aromatic carbocycles. The summed E-state index contributed by atoms with van der Waals surface area (Å²) < 4.78 is 0. The van der Waals surface area contributed by atoms with Crippen LogP contribution in [-0.4, -0.2) is 12.1 Å². The van der Waals surface area contributed by atoms with Gasteiger partial charge in [-0.2, -0.15) is 5.26 Å². The third-order valence-electron chi connectivity index (χ3n) is 3.88. The normalized spacial score (nSPS) is 30.2. The lowest BCUT2D eigenvalue weighted by Gasteiger charge is -2.16. The molecule has 1 spiro atoms. The molecule has 16 heavy (non-hydrogen) atoms. The number of nitriles is 1. The van der Waals surface area contributed by atoms with Crippen molar-refractivity contribution < 1.29 is 0 Å². The van der Waals surface area contributed by atoms with Crippen LogP contribution in [0.2, 0.25) is 5.02 Å². The lowest BCUT2D eigenvalue weighted by molar-refractivity contribution is 0.496. The van der Waals surface area contributed by atoms with Gasteiger partial charge in [0.25, 0.3) is 0 Å². The molecule has 2 atom stereocenters. The van der Waals surface area contributed by atoms with Gasteiger partial charge in [0.1, 0.15) is 0 Å². The van der Waals surface area contributed by atoms with Crippen molar-refractivity contribution >= 4 is 11.6 Å². The van der Waals surface area contributed by atoms with Gasteiger partial charge in [-0.3, -0.25) is 0 Å².